The van der Waals surface area contributed by atoms with Crippen LogP contribution in [0, 0.1) is 50.7 Å². The Morgan fingerprint density at radius 2 is 1.60 bits per heavy atom. The van der Waals surface area contributed by atoms with Crippen LogP contribution in [0.1, 0.15) is 125 Å². The Hall–Kier alpha value is -2.23. The molecular weight excluding hydrogens is 556 g/mol. The summed E-state index contributed by atoms with van der Waals surface area (Å²) in [6.45, 7) is 17.3. The van der Waals surface area contributed by atoms with E-state index in [4.69, 9.17) is 14.2 Å². The monoisotopic (exact) mass is 616 g/mol. The highest BCUT2D eigenvalue weighted by Crippen LogP contribution is 2.89. The minimum atomic E-state index is -0.241. The molecule has 45 heavy (non-hydrogen) atoms. The van der Waals surface area contributed by atoms with Crippen LogP contribution in [0.3, 0.4) is 0 Å². The van der Waals surface area contributed by atoms with Gasteiger partial charge in [-0.2, -0.15) is 0 Å². The molecule has 0 aromatic heterocycles. The molecule has 0 radical (unpaired) electrons. The summed E-state index contributed by atoms with van der Waals surface area (Å²) in [7, 11) is 3.25. The fourth-order valence-electron chi connectivity index (χ4n) is 12.6. The van der Waals surface area contributed by atoms with Gasteiger partial charge < -0.3 is 14.2 Å². The molecule has 2 spiro atoms. The second-order valence-electron chi connectivity index (χ2n) is 17.2. The van der Waals surface area contributed by atoms with E-state index in [1.165, 1.54) is 69.8 Å². The molecule has 5 saturated carbocycles. The van der Waals surface area contributed by atoms with Gasteiger partial charge in [-0.05, 0) is 154 Å². The Balaban J connectivity index is 1.14. The molecule has 1 aromatic rings. The van der Waals surface area contributed by atoms with Crippen molar-refractivity contribution in [2.24, 2.45) is 50.7 Å². The van der Waals surface area contributed by atoms with Crippen LogP contribution in [0.5, 0.6) is 11.5 Å². The average Bonchev–Trinajstić information content (AvgIpc) is 3.58. The molecular formula is C41H60O4. The highest BCUT2D eigenvalue weighted by molar-refractivity contribution is 5.87. The van der Waals surface area contributed by atoms with Gasteiger partial charge in [0.05, 0.1) is 14.2 Å². The van der Waals surface area contributed by atoms with Gasteiger partial charge in [0.1, 0.15) is 6.10 Å². The van der Waals surface area contributed by atoms with E-state index in [1.54, 1.807) is 20.3 Å². The number of benzene rings is 1. The van der Waals surface area contributed by atoms with Crippen molar-refractivity contribution in [1.29, 1.82) is 0 Å². The van der Waals surface area contributed by atoms with Gasteiger partial charge in [0.2, 0.25) is 0 Å². The van der Waals surface area contributed by atoms with Crippen molar-refractivity contribution < 1.29 is 19.0 Å². The van der Waals surface area contributed by atoms with Gasteiger partial charge in [-0.25, -0.2) is 4.79 Å². The van der Waals surface area contributed by atoms with Gasteiger partial charge in [0.15, 0.2) is 11.5 Å². The maximum absolute atomic E-state index is 13.1. The first kappa shape index (κ1) is 32.7. The number of fused-ring (bicyclic) bond motifs is 2. The van der Waals surface area contributed by atoms with Gasteiger partial charge in [0, 0.05) is 11.5 Å². The molecule has 0 N–H and O–H groups in total. The molecule has 4 nitrogen and oxygen atoms in total. The summed E-state index contributed by atoms with van der Waals surface area (Å²) in [5.41, 5.74) is 4.22. The van der Waals surface area contributed by atoms with E-state index in [-0.39, 0.29) is 17.5 Å². The lowest BCUT2D eigenvalue weighted by Crippen LogP contribution is -2.58. The van der Waals surface area contributed by atoms with Crippen LogP contribution in [0.2, 0.25) is 0 Å². The Bertz CT molecular complexity index is 1350. The van der Waals surface area contributed by atoms with Crippen LogP contribution in [-0.4, -0.2) is 26.3 Å². The lowest BCUT2D eigenvalue weighted by atomic mass is 9.41. The zero-order valence-corrected chi connectivity index (χ0v) is 29.8. The molecule has 9 atom stereocenters. The molecule has 1 aromatic carbocycles. The number of hydrogen-bond acceptors (Lipinski definition) is 4. The number of carbonyl (C=O) groups excluding carboxylic acids is 1. The molecule has 0 saturated heterocycles. The maximum Gasteiger partial charge on any atom is 0.331 e. The topological polar surface area (TPSA) is 44.8 Å². The molecule has 0 heterocycles. The van der Waals surface area contributed by atoms with Crippen molar-refractivity contribution in [3.8, 4) is 11.5 Å². The Labute approximate surface area is 273 Å². The number of ether oxygens (including phenoxy) is 3. The molecule has 0 amide bonds. The van der Waals surface area contributed by atoms with Crippen LogP contribution >= 0.6 is 0 Å². The highest BCUT2D eigenvalue weighted by Gasteiger charge is 2.82. The minimum Gasteiger partial charge on any atom is -0.493 e. The lowest BCUT2D eigenvalue weighted by Gasteiger charge is -2.63. The standard InChI is InChI=1S/C41H60O4/c1-27(2)11-10-12-28(3)30-19-21-39(7)34-17-16-33-37(4,5)35(20-22-40(33)26-41(34,40)24-23-38(30,39)6)45-36(42)18-14-29-13-15-31(43-8)32(25-29)44-9/h11,13-15,18,25,28,30,33-35H,10,12,16-17,19-24,26H2,1-9H3/b18-14+. The normalized spacial score (nSPS) is 39.9. The van der Waals surface area contributed by atoms with E-state index >= 15 is 0 Å². The predicted octanol–water partition coefficient (Wildman–Crippen LogP) is 10.5. The Morgan fingerprint density at radius 1 is 0.889 bits per heavy atom. The maximum atomic E-state index is 13.1. The second kappa shape index (κ2) is 11.5. The summed E-state index contributed by atoms with van der Waals surface area (Å²) in [5.74, 6) is 4.24. The third-order valence-corrected chi connectivity index (χ3v) is 15.1. The highest BCUT2D eigenvalue weighted by atomic mass is 16.5. The first-order valence-electron chi connectivity index (χ1n) is 18.0. The largest absolute Gasteiger partial charge is 0.493 e. The summed E-state index contributed by atoms with van der Waals surface area (Å²) in [5, 5.41) is 0. The van der Waals surface area contributed by atoms with Crippen molar-refractivity contribution in [2.45, 2.75) is 125 Å². The quantitative estimate of drug-likeness (QED) is 0.157. The summed E-state index contributed by atoms with van der Waals surface area (Å²) in [6, 6.07) is 5.68. The van der Waals surface area contributed by atoms with Gasteiger partial charge in [-0.1, -0.05) is 52.3 Å². The fourth-order valence-corrected chi connectivity index (χ4v) is 12.6. The number of allylic oxidation sites excluding steroid dienone is 2. The second-order valence-corrected chi connectivity index (χ2v) is 17.2. The predicted molar refractivity (Wildman–Crippen MR) is 183 cm³/mol. The zero-order chi connectivity index (χ0) is 32.4. The smallest absolute Gasteiger partial charge is 0.331 e. The number of esters is 1. The van der Waals surface area contributed by atoms with E-state index in [0.717, 1.165) is 29.7 Å². The number of rotatable bonds is 9. The number of carbonyl (C=O) groups is 1. The van der Waals surface area contributed by atoms with Gasteiger partial charge in [-0.15, -0.1) is 0 Å². The van der Waals surface area contributed by atoms with Gasteiger partial charge in [-0.3, -0.25) is 0 Å². The minimum absolute atomic E-state index is 0.0150. The van der Waals surface area contributed by atoms with Crippen LogP contribution in [-0.2, 0) is 9.53 Å². The SMILES string of the molecule is COc1ccc(/C=C/C(=O)OC2CCC34CC35CCC3(C)C(C(C)CCC=C(C)C)CCC3(C)C5CCC4C2(C)C)cc1OC. The van der Waals surface area contributed by atoms with E-state index < -0.39 is 0 Å². The van der Waals surface area contributed by atoms with E-state index in [0.29, 0.717) is 39.1 Å². The number of methoxy groups -OCH3 is 2. The summed E-state index contributed by atoms with van der Waals surface area (Å²) < 4.78 is 17.1. The van der Waals surface area contributed by atoms with E-state index in [2.05, 4.69) is 54.5 Å². The van der Waals surface area contributed by atoms with Crippen LogP contribution in [0.15, 0.2) is 35.9 Å². The number of hydrogen-bond donors (Lipinski definition) is 0. The molecule has 5 fully saturated rings. The van der Waals surface area contributed by atoms with Crippen LogP contribution in [0.4, 0.5) is 0 Å². The Kier molecular flexibility index (Phi) is 8.34. The zero-order valence-electron chi connectivity index (χ0n) is 29.8. The fraction of sp³-hybridized carbons (Fsp3) is 0.732. The Morgan fingerprint density at radius 3 is 2.31 bits per heavy atom. The van der Waals surface area contributed by atoms with Gasteiger partial charge in [0.25, 0.3) is 0 Å². The molecule has 4 heteroatoms. The molecule has 9 unspecified atom stereocenters. The van der Waals surface area contributed by atoms with Crippen molar-refractivity contribution in [3.05, 3.63) is 41.5 Å². The molecule has 6 rings (SSSR count). The third kappa shape index (κ3) is 4.93. The van der Waals surface area contributed by atoms with E-state index in [1.807, 2.05) is 24.3 Å². The van der Waals surface area contributed by atoms with Crippen molar-refractivity contribution in [3.63, 3.8) is 0 Å². The first-order valence-corrected chi connectivity index (χ1v) is 18.0. The lowest BCUT2D eigenvalue weighted by molar-refractivity contribution is -0.179. The van der Waals surface area contributed by atoms with E-state index in [9.17, 15) is 4.79 Å². The molecule has 248 valence electrons. The third-order valence-electron chi connectivity index (χ3n) is 15.1. The summed E-state index contributed by atoms with van der Waals surface area (Å²) in [6.07, 6.45) is 20.3. The molecule has 5 aliphatic rings. The van der Waals surface area contributed by atoms with Crippen molar-refractivity contribution in [2.75, 3.05) is 14.2 Å². The first-order chi connectivity index (χ1) is 21.3. The molecule has 5 aliphatic carbocycles. The summed E-state index contributed by atoms with van der Waals surface area (Å²) >= 11 is 0. The molecule has 0 bridgehead atoms. The van der Waals surface area contributed by atoms with Gasteiger partial charge >= 0.3 is 5.97 Å². The van der Waals surface area contributed by atoms with Crippen molar-refractivity contribution in [1.82, 2.24) is 0 Å². The average molecular weight is 617 g/mol. The summed E-state index contributed by atoms with van der Waals surface area (Å²) in [4.78, 5) is 13.1. The van der Waals surface area contributed by atoms with Crippen molar-refractivity contribution >= 4 is 12.0 Å². The van der Waals surface area contributed by atoms with Crippen LogP contribution in [0.25, 0.3) is 6.08 Å². The molecule has 0 aliphatic heterocycles. The van der Waals surface area contributed by atoms with Crippen LogP contribution < -0.4 is 9.47 Å².